The van der Waals surface area contributed by atoms with Gasteiger partial charge >= 0.3 is 0 Å². The molecule has 0 saturated heterocycles. The third-order valence-electron chi connectivity index (χ3n) is 4.53. The van der Waals surface area contributed by atoms with E-state index >= 15 is 0 Å². The zero-order chi connectivity index (χ0) is 21.7. The quantitative estimate of drug-likeness (QED) is 0.544. The van der Waals surface area contributed by atoms with Crippen LogP contribution >= 0.6 is 11.3 Å². The van der Waals surface area contributed by atoms with E-state index in [2.05, 4.69) is 4.99 Å². The topological polar surface area (TPSA) is 80.5 Å². The van der Waals surface area contributed by atoms with Gasteiger partial charge in [-0.1, -0.05) is 11.3 Å². The summed E-state index contributed by atoms with van der Waals surface area (Å²) in [7, 11) is 7.87. The summed E-state index contributed by atoms with van der Waals surface area (Å²) in [4.78, 5) is 17.8. The van der Waals surface area contributed by atoms with Gasteiger partial charge in [0.1, 0.15) is 0 Å². The van der Waals surface area contributed by atoms with Crippen LogP contribution < -0.4 is 23.7 Å². The van der Waals surface area contributed by atoms with E-state index in [1.165, 1.54) is 18.4 Å². The van der Waals surface area contributed by atoms with Gasteiger partial charge in [-0.3, -0.25) is 4.79 Å². The zero-order valence-electron chi connectivity index (χ0n) is 17.6. The van der Waals surface area contributed by atoms with Crippen LogP contribution in [0.2, 0.25) is 0 Å². The molecule has 0 radical (unpaired) electrons. The lowest BCUT2D eigenvalue weighted by atomic mass is 10.2. The minimum absolute atomic E-state index is 0.382. The van der Waals surface area contributed by atoms with Gasteiger partial charge in [-0.15, -0.1) is 0 Å². The van der Waals surface area contributed by atoms with Crippen LogP contribution in [0.5, 0.6) is 23.0 Å². The van der Waals surface area contributed by atoms with Crippen LogP contribution in [0.15, 0.2) is 35.3 Å². The number of hydrogen-bond donors (Lipinski definition) is 0. The normalized spacial score (nSPS) is 11.6. The first-order valence-corrected chi connectivity index (χ1v) is 9.93. The third-order valence-corrected chi connectivity index (χ3v) is 5.58. The van der Waals surface area contributed by atoms with E-state index in [-0.39, 0.29) is 5.91 Å². The molecule has 3 aromatic rings. The fourth-order valence-corrected chi connectivity index (χ4v) is 4.07. The van der Waals surface area contributed by atoms with Crippen LogP contribution in [0.4, 0.5) is 0 Å². The summed E-state index contributed by atoms with van der Waals surface area (Å²) in [5.41, 5.74) is 1.28. The molecule has 160 valence electrons. The molecule has 2 aromatic carbocycles. The van der Waals surface area contributed by atoms with Crippen molar-refractivity contribution in [3.8, 4) is 23.0 Å². The molecule has 0 spiro atoms. The Balaban J connectivity index is 2.13. The van der Waals surface area contributed by atoms with Crippen molar-refractivity contribution >= 4 is 27.5 Å². The Bertz CT molecular complexity index is 1120. The lowest BCUT2D eigenvalue weighted by Crippen LogP contribution is -2.19. The maximum absolute atomic E-state index is 12.9. The van der Waals surface area contributed by atoms with Crippen LogP contribution in [-0.4, -0.2) is 52.6 Å². The van der Waals surface area contributed by atoms with Gasteiger partial charge in [0.25, 0.3) is 5.91 Å². The number of aromatic nitrogens is 1. The van der Waals surface area contributed by atoms with Crippen molar-refractivity contribution in [3.63, 3.8) is 0 Å². The predicted octanol–water partition coefficient (Wildman–Crippen LogP) is 3.12. The van der Waals surface area contributed by atoms with Crippen LogP contribution in [-0.2, 0) is 11.3 Å². The first-order valence-electron chi connectivity index (χ1n) is 9.11. The number of amides is 1. The Morgan fingerprint density at radius 2 is 1.53 bits per heavy atom. The van der Waals surface area contributed by atoms with Gasteiger partial charge in [-0.2, -0.15) is 4.99 Å². The Morgan fingerprint density at radius 3 is 2.17 bits per heavy atom. The number of carbonyl (C=O) groups excluding carboxylic acids is 1. The van der Waals surface area contributed by atoms with E-state index in [4.69, 9.17) is 23.7 Å². The highest BCUT2D eigenvalue weighted by atomic mass is 32.1. The summed E-state index contributed by atoms with van der Waals surface area (Å²) in [6.45, 7) is 1.00. The molecule has 9 heteroatoms. The Hall–Kier alpha value is -3.04. The average molecular weight is 432 g/mol. The fourth-order valence-electron chi connectivity index (χ4n) is 3.00. The van der Waals surface area contributed by atoms with Gasteiger partial charge < -0.3 is 28.3 Å². The van der Waals surface area contributed by atoms with Crippen LogP contribution in [0, 0.1) is 0 Å². The molecule has 0 N–H and O–H groups in total. The molecule has 3 rings (SSSR count). The van der Waals surface area contributed by atoms with Crippen molar-refractivity contribution < 1.29 is 28.5 Å². The van der Waals surface area contributed by atoms with Crippen molar-refractivity contribution in [2.45, 2.75) is 6.54 Å². The van der Waals surface area contributed by atoms with Gasteiger partial charge in [-0.05, 0) is 18.2 Å². The second kappa shape index (κ2) is 9.64. The van der Waals surface area contributed by atoms with E-state index in [0.717, 1.165) is 10.2 Å². The molecular formula is C21H24N2O6S. The van der Waals surface area contributed by atoms with Crippen molar-refractivity contribution in [3.05, 3.63) is 40.7 Å². The molecule has 0 unspecified atom stereocenters. The molecule has 0 aliphatic carbocycles. The van der Waals surface area contributed by atoms with Crippen LogP contribution in [0.3, 0.4) is 0 Å². The lowest BCUT2D eigenvalue weighted by molar-refractivity contribution is 0.0997. The number of methoxy groups -OCH3 is 5. The standard InChI is InChI=1S/C21H24N2O6S/c1-25-9-8-23-14-11-17(28-4)18(29-5)12-19(14)30-21(23)22-20(24)13-6-7-15(26-2)16(10-13)27-3/h6-7,10-12H,8-9H2,1-5H3. The summed E-state index contributed by atoms with van der Waals surface area (Å²) in [5.74, 6) is 1.85. The Kier molecular flexibility index (Phi) is 6.96. The van der Waals surface area contributed by atoms with Crippen molar-refractivity contribution in [2.24, 2.45) is 4.99 Å². The van der Waals surface area contributed by atoms with Gasteiger partial charge in [0, 0.05) is 31.4 Å². The first kappa shape index (κ1) is 21.7. The maximum atomic E-state index is 12.9. The van der Waals surface area contributed by atoms with Crippen LogP contribution in [0.25, 0.3) is 10.2 Å². The lowest BCUT2D eigenvalue weighted by Gasteiger charge is -2.09. The Labute approximate surface area is 178 Å². The van der Waals surface area contributed by atoms with E-state index in [9.17, 15) is 4.79 Å². The van der Waals surface area contributed by atoms with Crippen molar-refractivity contribution in [1.82, 2.24) is 4.57 Å². The number of ether oxygens (including phenoxy) is 5. The summed E-state index contributed by atoms with van der Waals surface area (Å²) in [6.07, 6.45) is 0. The second-order valence-electron chi connectivity index (χ2n) is 6.19. The highest BCUT2D eigenvalue weighted by Crippen LogP contribution is 2.33. The molecule has 1 aromatic heterocycles. The minimum Gasteiger partial charge on any atom is -0.493 e. The number of benzene rings is 2. The summed E-state index contributed by atoms with van der Waals surface area (Å²) in [6, 6.07) is 8.71. The number of rotatable bonds is 8. The van der Waals surface area contributed by atoms with Crippen LogP contribution in [0.1, 0.15) is 10.4 Å². The van der Waals surface area contributed by atoms with Crippen molar-refractivity contribution in [2.75, 3.05) is 42.2 Å². The summed E-state index contributed by atoms with van der Waals surface area (Å²) in [5, 5.41) is 0. The number of thiazole rings is 1. The second-order valence-corrected chi connectivity index (χ2v) is 7.20. The minimum atomic E-state index is -0.382. The van der Waals surface area contributed by atoms with Gasteiger partial charge in [0.2, 0.25) is 0 Å². The molecule has 0 fully saturated rings. The van der Waals surface area contributed by atoms with E-state index in [1.807, 2.05) is 16.7 Å². The first-order chi connectivity index (χ1) is 14.6. The van der Waals surface area contributed by atoms with Gasteiger partial charge in [-0.25, -0.2) is 0 Å². The molecule has 0 aliphatic rings. The van der Waals surface area contributed by atoms with E-state index in [1.54, 1.807) is 46.6 Å². The zero-order valence-corrected chi connectivity index (χ0v) is 18.4. The molecule has 1 amide bonds. The Morgan fingerprint density at radius 1 is 0.900 bits per heavy atom. The summed E-state index contributed by atoms with van der Waals surface area (Å²) < 4.78 is 29.4. The molecular weight excluding hydrogens is 408 g/mol. The highest BCUT2D eigenvalue weighted by Gasteiger charge is 2.15. The fraction of sp³-hybridized carbons (Fsp3) is 0.333. The third kappa shape index (κ3) is 4.27. The highest BCUT2D eigenvalue weighted by molar-refractivity contribution is 7.16. The van der Waals surface area contributed by atoms with E-state index < -0.39 is 0 Å². The molecule has 0 aliphatic heterocycles. The van der Waals surface area contributed by atoms with E-state index in [0.29, 0.717) is 46.5 Å². The SMILES string of the molecule is COCCn1c(=NC(=O)c2ccc(OC)c(OC)c2)sc2cc(OC)c(OC)cc21. The molecule has 8 nitrogen and oxygen atoms in total. The van der Waals surface area contributed by atoms with Crippen molar-refractivity contribution in [1.29, 1.82) is 0 Å². The van der Waals surface area contributed by atoms with Gasteiger partial charge in [0.05, 0.1) is 45.3 Å². The molecule has 0 bridgehead atoms. The smallest absolute Gasteiger partial charge is 0.279 e. The maximum Gasteiger partial charge on any atom is 0.279 e. The molecule has 1 heterocycles. The molecule has 30 heavy (non-hydrogen) atoms. The number of carbonyl (C=O) groups is 1. The largest absolute Gasteiger partial charge is 0.493 e. The summed E-state index contributed by atoms with van der Waals surface area (Å²) >= 11 is 1.39. The van der Waals surface area contributed by atoms with Gasteiger partial charge in [0.15, 0.2) is 27.8 Å². The number of hydrogen-bond acceptors (Lipinski definition) is 7. The monoisotopic (exact) mass is 432 g/mol. The molecule has 0 saturated carbocycles. The number of fused-ring (bicyclic) bond motifs is 1. The number of nitrogens with zero attached hydrogens (tertiary/aromatic N) is 2. The predicted molar refractivity (Wildman–Crippen MR) is 114 cm³/mol. The molecule has 0 atom stereocenters. The average Bonchev–Trinajstić information content (AvgIpc) is 3.11.